The molecule has 0 unspecified atom stereocenters. The Morgan fingerprint density at radius 1 is 1.06 bits per heavy atom. The molecule has 0 atom stereocenters. The molecule has 2 heterocycles. The number of benzene rings is 2. The summed E-state index contributed by atoms with van der Waals surface area (Å²) in [5.41, 5.74) is 1.97. The minimum Gasteiger partial charge on any atom is -0.497 e. The Kier molecular flexibility index (Phi) is 6.04. The van der Waals surface area contributed by atoms with Crippen LogP contribution in [-0.2, 0) is 0 Å². The van der Waals surface area contributed by atoms with Crippen molar-refractivity contribution >= 4 is 11.9 Å². The number of non-ortho nitro benzene ring substituents is 1. The van der Waals surface area contributed by atoms with E-state index >= 15 is 0 Å². The molecule has 4 rings (SSSR count). The van der Waals surface area contributed by atoms with E-state index in [0.29, 0.717) is 22.7 Å². The molecule has 166 valence electrons. The monoisotopic (exact) mass is 436 g/mol. The van der Waals surface area contributed by atoms with Crippen molar-refractivity contribution in [3.63, 3.8) is 0 Å². The zero-order chi connectivity index (χ0) is 22.7. The summed E-state index contributed by atoms with van der Waals surface area (Å²) in [5.74, 6) is 0.707. The second kappa shape index (κ2) is 9.06. The van der Waals surface area contributed by atoms with Gasteiger partial charge in [0.2, 0.25) is 0 Å². The first-order chi connectivity index (χ1) is 15.5. The molecular weight excluding hydrogens is 412 g/mol. The van der Waals surface area contributed by atoms with Crippen LogP contribution in [0.3, 0.4) is 0 Å². The van der Waals surface area contributed by atoms with Gasteiger partial charge in [0.25, 0.3) is 11.2 Å². The summed E-state index contributed by atoms with van der Waals surface area (Å²) in [7, 11) is 3.66. The van der Waals surface area contributed by atoms with Gasteiger partial charge in [-0.15, -0.1) is 0 Å². The van der Waals surface area contributed by atoms with Crippen LogP contribution in [-0.4, -0.2) is 71.2 Å². The Morgan fingerprint density at radius 2 is 1.72 bits per heavy atom. The number of hydrazone groups is 1. The Hall–Kier alpha value is -3.92. The summed E-state index contributed by atoms with van der Waals surface area (Å²) >= 11 is 0. The Morgan fingerprint density at radius 3 is 2.31 bits per heavy atom. The van der Waals surface area contributed by atoms with Crippen LogP contribution < -0.4 is 10.3 Å². The molecule has 1 aliphatic rings. The van der Waals surface area contributed by atoms with E-state index in [2.05, 4.69) is 22.1 Å². The molecule has 32 heavy (non-hydrogen) atoms. The van der Waals surface area contributed by atoms with Crippen LogP contribution in [0, 0.1) is 10.1 Å². The predicted octanol–water partition coefficient (Wildman–Crippen LogP) is 2.33. The molecule has 0 aliphatic carbocycles. The Labute approximate surface area is 184 Å². The summed E-state index contributed by atoms with van der Waals surface area (Å²) in [6.07, 6.45) is 1.59. The SMILES string of the molecule is COc1ccc(-c2[nH]n(-c3ccc([N+](=O)[O-])cc3)c(=O)c2/C=N/N2CCN(C)CC2)cc1. The van der Waals surface area contributed by atoms with Gasteiger partial charge in [0.1, 0.15) is 5.75 Å². The van der Waals surface area contributed by atoms with E-state index in [1.807, 2.05) is 29.3 Å². The molecule has 2 aromatic carbocycles. The van der Waals surface area contributed by atoms with Crippen LogP contribution in [0.25, 0.3) is 16.9 Å². The van der Waals surface area contributed by atoms with E-state index in [9.17, 15) is 14.9 Å². The van der Waals surface area contributed by atoms with E-state index in [4.69, 9.17) is 4.74 Å². The minimum absolute atomic E-state index is 0.0411. The molecule has 1 aromatic heterocycles. The zero-order valence-corrected chi connectivity index (χ0v) is 17.9. The molecule has 1 N–H and O–H groups in total. The van der Waals surface area contributed by atoms with E-state index < -0.39 is 4.92 Å². The van der Waals surface area contributed by atoms with Gasteiger partial charge in [-0.1, -0.05) is 0 Å². The van der Waals surface area contributed by atoms with Crippen LogP contribution in [0.5, 0.6) is 5.75 Å². The Balaban J connectivity index is 1.75. The number of nitro benzene ring substituents is 1. The third-order valence-electron chi connectivity index (χ3n) is 5.45. The van der Waals surface area contributed by atoms with Crippen molar-refractivity contribution in [3.05, 3.63) is 74.6 Å². The number of nitro groups is 1. The first-order valence-electron chi connectivity index (χ1n) is 10.2. The summed E-state index contributed by atoms with van der Waals surface area (Å²) in [6, 6.07) is 13.2. The molecule has 0 saturated carbocycles. The number of piperazine rings is 1. The van der Waals surface area contributed by atoms with Gasteiger partial charge in [0.15, 0.2) is 0 Å². The van der Waals surface area contributed by atoms with Gasteiger partial charge in [0, 0.05) is 43.9 Å². The third-order valence-corrected chi connectivity index (χ3v) is 5.45. The van der Waals surface area contributed by atoms with Crippen molar-refractivity contribution in [1.29, 1.82) is 0 Å². The maximum Gasteiger partial charge on any atom is 0.280 e. The number of methoxy groups -OCH3 is 1. The van der Waals surface area contributed by atoms with Crippen molar-refractivity contribution in [2.75, 3.05) is 40.3 Å². The highest BCUT2D eigenvalue weighted by molar-refractivity contribution is 5.88. The van der Waals surface area contributed by atoms with Gasteiger partial charge in [-0.25, -0.2) is 4.68 Å². The number of likely N-dealkylation sites (N-methyl/N-ethyl adjacent to an activating group) is 1. The van der Waals surface area contributed by atoms with Crippen molar-refractivity contribution in [3.8, 4) is 22.7 Å². The topological polar surface area (TPSA) is 109 Å². The third kappa shape index (κ3) is 4.40. The van der Waals surface area contributed by atoms with Crippen molar-refractivity contribution in [2.45, 2.75) is 0 Å². The molecule has 0 bridgehead atoms. The summed E-state index contributed by atoms with van der Waals surface area (Å²) in [4.78, 5) is 26.0. The highest BCUT2D eigenvalue weighted by atomic mass is 16.6. The Bertz CT molecular complexity index is 1170. The predicted molar refractivity (Wildman–Crippen MR) is 122 cm³/mol. The molecule has 1 aliphatic heterocycles. The molecule has 0 spiro atoms. The fourth-order valence-electron chi connectivity index (χ4n) is 3.50. The van der Waals surface area contributed by atoms with Gasteiger partial charge >= 0.3 is 0 Å². The maximum atomic E-state index is 13.3. The van der Waals surface area contributed by atoms with Crippen molar-refractivity contribution < 1.29 is 9.66 Å². The maximum absolute atomic E-state index is 13.3. The summed E-state index contributed by atoms with van der Waals surface area (Å²) < 4.78 is 6.60. The fraction of sp³-hybridized carbons (Fsp3) is 0.273. The largest absolute Gasteiger partial charge is 0.497 e. The van der Waals surface area contributed by atoms with E-state index in [0.717, 1.165) is 31.7 Å². The van der Waals surface area contributed by atoms with Gasteiger partial charge in [-0.2, -0.15) is 5.10 Å². The van der Waals surface area contributed by atoms with Gasteiger partial charge in [-0.3, -0.25) is 25.0 Å². The zero-order valence-electron chi connectivity index (χ0n) is 17.9. The highest BCUT2D eigenvalue weighted by Gasteiger charge is 2.18. The van der Waals surface area contributed by atoms with E-state index in [1.54, 1.807) is 13.3 Å². The summed E-state index contributed by atoms with van der Waals surface area (Å²) in [5, 5.41) is 20.6. The van der Waals surface area contributed by atoms with Crippen LogP contribution in [0.2, 0.25) is 0 Å². The molecule has 3 aromatic rings. The van der Waals surface area contributed by atoms with E-state index in [-0.39, 0.29) is 11.2 Å². The first kappa shape index (κ1) is 21.3. The first-order valence-corrected chi connectivity index (χ1v) is 10.2. The number of nitrogens with one attached hydrogen (secondary N) is 1. The van der Waals surface area contributed by atoms with Crippen LogP contribution in [0.1, 0.15) is 5.56 Å². The molecule has 1 fully saturated rings. The lowest BCUT2D eigenvalue weighted by atomic mass is 10.1. The smallest absolute Gasteiger partial charge is 0.280 e. The number of rotatable bonds is 6. The normalized spacial score (nSPS) is 14.8. The quantitative estimate of drug-likeness (QED) is 0.361. The van der Waals surface area contributed by atoms with Gasteiger partial charge in [0.05, 0.1) is 35.2 Å². The average molecular weight is 436 g/mol. The van der Waals surface area contributed by atoms with Gasteiger partial charge < -0.3 is 9.64 Å². The standard InChI is InChI=1S/C22H24N6O4/c1-25-11-13-26(14-12-25)23-15-20-21(16-3-9-19(32-2)10-4-16)24-27(22(20)29)17-5-7-18(8-6-17)28(30)31/h3-10,15,24H,11-14H2,1-2H3/b23-15+. The second-order valence-corrected chi connectivity index (χ2v) is 7.54. The molecular formula is C22H24N6O4. The molecule has 10 heteroatoms. The molecule has 0 radical (unpaired) electrons. The second-order valence-electron chi connectivity index (χ2n) is 7.54. The summed E-state index contributed by atoms with van der Waals surface area (Å²) in [6.45, 7) is 3.38. The fourth-order valence-corrected chi connectivity index (χ4v) is 3.50. The lowest BCUT2D eigenvalue weighted by molar-refractivity contribution is -0.384. The van der Waals surface area contributed by atoms with Gasteiger partial charge in [-0.05, 0) is 43.4 Å². The number of aromatic amines is 1. The number of hydrogen-bond acceptors (Lipinski definition) is 7. The number of H-pyrrole nitrogens is 1. The number of nitrogens with zero attached hydrogens (tertiary/aromatic N) is 5. The minimum atomic E-state index is -0.474. The van der Waals surface area contributed by atoms with E-state index in [1.165, 1.54) is 28.9 Å². The number of ether oxygens (including phenoxy) is 1. The van der Waals surface area contributed by atoms with Crippen molar-refractivity contribution in [2.24, 2.45) is 5.10 Å². The molecule has 1 saturated heterocycles. The molecule has 10 nitrogen and oxygen atoms in total. The lowest BCUT2D eigenvalue weighted by Crippen LogP contribution is -2.41. The number of hydrogen-bond donors (Lipinski definition) is 1. The average Bonchev–Trinajstić information content (AvgIpc) is 3.15. The number of aromatic nitrogens is 2. The van der Waals surface area contributed by atoms with Crippen LogP contribution in [0.4, 0.5) is 5.69 Å². The molecule has 0 amide bonds. The van der Waals surface area contributed by atoms with Crippen LogP contribution in [0.15, 0.2) is 58.4 Å². The van der Waals surface area contributed by atoms with Crippen molar-refractivity contribution in [1.82, 2.24) is 19.7 Å². The van der Waals surface area contributed by atoms with Crippen LogP contribution >= 0.6 is 0 Å². The highest BCUT2D eigenvalue weighted by Crippen LogP contribution is 2.23. The lowest BCUT2D eigenvalue weighted by Gasteiger charge is -2.30.